The van der Waals surface area contributed by atoms with Gasteiger partial charge in [0.2, 0.25) is 0 Å². The summed E-state index contributed by atoms with van der Waals surface area (Å²) < 4.78 is 5.18. The van der Waals surface area contributed by atoms with Crippen molar-refractivity contribution in [1.82, 2.24) is 5.32 Å². The van der Waals surface area contributed by atoms with Crippen LogP contribution in [0.3, 0.4) is 0 Å². The molecule has 0 bridgehead atoms. The minimum Gasteiger partial charge on any atom is -0.444 e. The van der Waals surface area contributed by atoms with E-state index >= 15 is 0 Å². The van der Waals surface area contributed by atoms with Gasteiger partial charge in [-0.3, -0.25) is 0 Å². The molecular weight excluding hydrogens is 218 g/mol. The van der Waals surface area contributed by atoms with E-state index in [9.17, 15) is 9.90 Å². The van der Waals surface area contributed by atoms with Crippen LogP contribution in [0.2, 0.25) is 0 Å². The number of hydrogen-bond acceptors (Lipinski definition) is 3. The summed E-state index contributed by atoms with van der Waals surface area (Å²) in [6.45, 7) is 8.11. The Hall–Kier alpha value is -0.770. The Bertz CT molecular complexity index is 268. The fourth-order valence-corrected chi connectivity index (χ4v) is 2.02. The van der Waals surface area contributed by atoms with Crippen molar-refractivity contribution in [3.8, 4) is 0 Å². The van der Waals surface area contributed by atoms with Gasteiger partial charge in [0, 0.05) is 12.0 Å². The lowest BCUT2D eigenvalue weighted by molar-refractivity contribution is 0.0224. The molecule has 0 aromatic heterocycles. The molecule has 1 amide bonds. The second-order valence-electron chi connectivity index (χ2n) is 6.30. The van der Waals surface area contributed by atoms with Gasteiger partial charge in [0.15, 0.2) is 0 Å². The molecule has 1 aliphatic carbocycles. The van der Waals surface area contributed by atoms with Crippen LogP contribution in [0.25, 0.3) is 0 Å². The van der Waals surface area contributed by atoms with Crippen molar-refractivity contribution in [3.05, 3.63) is 0 Å². The van der Waals surface area contributed by atoms with Crippen LogP contribution in [-0.4, -0.2) is 30.0 Å². The molecule has 1 atom stereocenters. The van der Waals surface area contributed by atoms with Crippen molar-refractivity contribution in [2.24, 2.45) is 11.3 Å². The zero-order chi connectivity index (χ0) is 13.1. The Morgan fingerprint density at radius 2 is 1.94 bits per heavy atom. The Kier molecular flexibility index (Phi) is 4.42. The highest BCUT2D eigenvalue weighted by Gasteiger charge is 2.37. The number of nitrogens with one attached hydrogen (secondary N) is 1. The van der Waals surface area contributed by atoms with Gasteiger partial charge in [-0.1, -0.05) is 13.3 Å². The van der Waals surface area contributed by atoms with Crippen LogP contribution in [0.15, 0.2) is 0 Å². The Morgan fingerprint density at radius 1 is 1.35 bits per heavy atom. The van der Waals surface area contributed by atoms with Gasteiger partial charge in [-0.25, -0.2) is 4.79 Å². The molecule has 4 heteroatoms. The summed E-state index contributed by atoms with van der Waals surface area (Å²) in [6.07, 6.45) is 3.11. The Morgan fingerprint density at radius 3 is 2.29 bits per heavy atom. The first-order valence-corrected chi connectivity index (χ1v) is 6.34. The van der Waals surface area contributed by atoms with Gasteiger partial charge in [-0.2, -0.15) is 0 Å². The molecule has 1 unspecified atom stereocenters. The molecule has 17 heavy (non-hydrogen) atoms. The average molecular weight is 243 g/mol. The van der Waals surface area contributed by atoms with Crippen LogP contribution in [0.1, 0.15) is 47.0 Å². The van der Waals surface area contributed by atoms with E-state index in [1.807, 2.05) is 27.7 Å². The van der Waals surface area contributed by atoms with E-state index in [4.69, 9.17) is 4.74 Å². The summed E-state index contributed by atoms with van der Waals surface area (Å²) >= 11 is 0. The van der Waals surface area contributed by atoms with Crippen LogP contribution in [0, 0.1) is 11.3 Å². The molecule has 0 aromatic carbocycles. The van der Waals surface area contributed by atoms with Crippen molar-refractivity contribution < 1.29 is 14.6 Å². The summed E-state index contributed by atoms with van der Waals surface area (Å²) in [6, 6.07) is 0. The number of aliphatic hydroxyl groups is 1. The van der Waals surface area contributed by atoms with Crippen LogP contribution >= 0.6 is 0 Å². The molecule has 0 aromatic rings. The monoisotopic (exact) mass is 243 g/mol. The third kappa shape index (κ3) is 4.19. The van der Waals surface area contributed by atoms with Gasteiger partial charge in [0.1, 0.15) is 5.60 Å². The highest BCUT2D eigenvalue weighted by molar-refractivity contribution is 5.67. The summed E-state index contributed by atoms with van der Waals surface area (Å²) in [7, 11) is 0. The second kappa shape index (κ2) is 5.25. The first-order chi connectivity index (χ1) is 7.77. The fourth-order valence-electron chi connectivity index (χ4n) is 2.02. The third-order valence-corrected chi connectivity index (χ3v) is 3.49. The summed E-state index contributed by atoms with van der Waals surface area (Å²) in [4.78, 5) is 11.5. The fraction of sp³-hybridized carbons (Fsp3) is 0.923. The first kappa shape index (κ1) is 14.3. The Labute approximate surface area is 104 Å². The number of alkyl carbamates (subject to hydrolysis) is 1. The predicted octanol–water partition coefficient (Wildman–Crippen LogP) is 2.31. The second-order valence-corrected chi connectivity index (χ2v) is 6.30. The zero-order valence-corrected chi connectivity index (χ0v) is 11.4. The van der Waals surface area contributed by atoms with Crippen molar-refractivity contribution in [3.63, 3.8) is 0 Å². The Balaban J connectivity index is 2.39. The smallest absolute Gasteiger partial charge is 0.407 e. The van der Waals surface area contributed by atoms with E-state index in [2.05, 4.69) is 5.32 Å². The molecule has 1 saturated carbocycles. The van der Waals surface area contributed by atoms with Crippen LogP contribution in [-0.2, 0) is 4.74 Å². The quantitative estimate of drug-likeness (QED) is 0.796. The highest BCUT2D eigenvalue weighted by atomic mass is 16.6. The number of ether oxygens (including phenoxy) is 1. The van der Waals surface area contributed by atoms with Gasteiger partial charge >= 0.3 is 6.09 Å². The minimum atomic E-state index is -0.476. The molecular formula is C13H25NO3. The largest absolute Gasteiger partial charge is 0.444 e. The van der Waals surface area contributed by atoms with Crippen molar-refractivity contribution in [1.29, 1.82) is 0 Å². The van der Waals surface area contributed by atoms with Crippen molar-refractivity contribution >= 4 is 6.09 Å². The molecule has 4 nitrogen and oxygen atoms in total. The molecule has 0 heterocycles. The normalized spacial score (nSPS) is 20.3. The number of aliphatic hydroxyl groups excluding tert-OH is 1. The number of rotatable bonds is 4. The minimum absolute atomic E-state index is 0.105. The maximum Gasteiger partial charge on any atom is 0.407 e. The number of amides is 1. The van der Waals surface area contributed by atoms with Crippen molar-refractivity contribution in [2.75, 3.05) is 13.2 Å². The lowest BCUT2D eigenvalue weighted by Gasteiger charge is -2.41. The first-order valence-electron chi connectivity index (χ1n) is 6.34. The third-order valence-electron chi connectivity index (χ3n) is 3.49. The number of carbonyl (C=O) groups excluding carboxylic acids is 1. The molecule has 1 aliphatic rings. The van der Waals surface area contributed by atoms with E-state index in [0.29, 0.717) is 12.5 Å². The van der Waals surface area contributed by atoms with Crippen LogP contribution in [0.4, 0.5) is 4.79 Å². The van der Waals surface area contributed by atoms with E-state index in [1.165, 1.54) is 6.42 Å². The van der Waals surface area contributed by atoms with E-state index in [-0.39, 0.29) is 12.0 Å². The van der Waals surface area contributed by atoms with Crippen molar-refractivity contribution in [2.45, 2.75) is 52.6 Å². The molecule has 0 aliphatic heterocycles. The standard InChI is InChI=1S/C13H25NO3/c1-12(2,3)17-11(16)14-8-13(4,9-15)10-6-5-7-10/h10,15H,5-9H2,1-4H3,(H,14,16). The average Bonchev–Trinajstić information content (AvgIpc) is 2.09. The molecule has 1 fully saturated rings. The van der Waals surface area contributed by atoms with E-state index < -0.39 is 11.7 Å². The molecule has 0 saturated heterocycles. The van der Waals surface area contributed by atoms with Gasteiger partial charge < -0.3 is 15.2 Å². The van der Waals surface area contributed by atoms with Gasteiger partial charge in [-0.05, 0) is 39.5 Å². The molecule has 0 spiro atoms. The number of carbonyl (C=O) groups is 1. The number of hydrogen-bond donors (Lipinski definition) is 2. The highest BCUT2D eigenvalue weighted by Crippen LogP contribution is 2.41. The SMILES string of the molecule is CC(C)(C)OC(=O)NCC(C)(CO)C1CCC1. The lowest BCUT2D eigenvalue weighted by atomic mass is 9.66. The van der Waals surface area contributed by atoms with E-state index in [1.54, 1.807) is 0 Å². The lowest BCUT2D eigenvalue weighted by Crippen LogP contribution is -2.46. The molecule has 2 N–H and O–H groups in total. The molecule has 1 rings (SSSR count). The van der Waals surface area contributed by atoms with Gasteiger partial charge in [-0.15, -0.1) is 0 Å². The maximum atomic E-state index is 11.5. The topological polar surface area (TPSA) is 58.6 Å². The molecule has 100 valence electrons. The van der Waals surface area contributed by atoms with E-state index in [0.717, 1.165) is 12.8 Å². The summed E-state index contributed by atoms with van der Waals surface area (Å²) in [5, 5.41) is 12.2. The summed E-state index contributed by atoms with van der Waals surface area (Å²) in [5.41, 5.74) is -0.689. The maximum absolute atomic E-state index is 11.5. The van der Waals surface area contributed by atoms with Crippen LogP contribution < -0.4 is 5.32 Å². The van der Waals surface area contributed by atoms with Crippen LogP contribution in [0.5, 0.6) is 0 Å². The predicted molar refractivity (Wildman–Crippen MR) is 66.8 cm³/mol. The zero-order valence-electron chi connectivity index (χ0n) is 11.4. The van der Waals surface area contributed by atoms with Gasteiger partial charge in [0.25, 0.3) is 0 Å². The van der Waals surface area contributed by atoms with Gasteiger partial charge in [0.05, 0.1) is 6.61 Å². The molecule has 0 radical (unpaired) electrons. The summed E-state index contributed by atoms with van der Waals surface area (Å²) in [5.74, 6) is 0.516.